The van der Waals surface area contributed by atoms with Gasteiger partial charge >= 0.3 is 6.09 Å². The number of nitrogens with one attached hydrogen (secondary N) is 2. The number of hydrogen-bond acceptors (Lipinski definition) is 4. The van der Waals surface area contributed by atoms with Crippen molar-refractivity contribution in [2.24, 2.45) is 10.9 Å². The number of guanidine groups is 1. The lowest BCUT2D eigenvalue weighted by Crippen LogP contribution is -2.48. The Morgan fingerprint density at radius 1 is 1.23 bits per heavy atom. The van der Waals surface area contributed by atoms with Gasteiger partial charge in [0.15, 0.2) is 5.96 Å². The van der Waals surface area contributed by atoms with Crippen molar-refractivity contribution in [3.05, 3.63) is 0 Å². The van der Waals surface area contributed by atoms with Crippen molar-refractivity contribution in [2.45, 2.75) is 78.9 Å². The van der Waals surface area contributed by atoms with Gasteiger partial charge in [-0.05, 0) is 59.8 Å². The lowest BCUT2D eigenvalue weighted by Gasteiger charge is -2.36. The Labute approximate surface area is 205 Å². The van der Waals surface area contributed by atoms with E-state index in [1.807, 2.05) is 34.6 Å². The maximum Gasteiger partial charge on any atom is 0.410 e. The van der Waals surface area contributed by atoms with E-state index in [-0.39, 0.29) is 42.0 Å². The molecule has 2 amide bonds. The number of rotatable bonds is 8. The molecule has 31 heavy (non-hydrogen) atoms. The Bertz CT molecular complexity index is 572. The first-order valence-electron chi connectivity index (χ1n) is 11.3. The molecular weight excluding hydrogens is 509 g/mol. The van der Waals surface area contributed by atoms with Crippen molar-refractivity contribution in [2.75, 3.05) is 39.8 Å². The van der Waals surface area contributed by atoms with Crippen LogP contribution in [0.5, 0.6) is 0 Å². The monoisotopic (exact) mass is 553 g/mol. The molecule has 1 saturated heterocycles. The largest absolute Gasteiger partial charge is 0.444 e. The number of hydrogen-bond donors (Lipinski definition) is 2. The van der Waals surface area contributed by atoms with Crippen LogP contribution in [0.3, 0.4) is 0 Å². The summed E-state index contributed by atoms with van der Waals surface area (Å²) in [5, 5.41) is 6.28. The second-order valence-electron chi connectivity index (χ2n) is 9.05. The molecule has 0 aromatic rings. The lowest BCUT2D eigenvalue weighted by atomic mass is 9.96. The highest BCUT2D eigenvalue weighted by molar-refractivity contribution is 14.0. The summed E-state index contributed by atoms with van der Waals surface area (Å²) in [6, 6.07) is 0.208. The molecule has 0 spiro atoms. The summed E-state index contributed by atoms with van der Waals surface area (Å²) < 4.78 is 5.52. The van der Waals surface area contributed by atoms with Gasteiger partial charge in [-0.2, -0.15) is 0 Å². The number of ether oxygens (including phenoxy) is 1. The molecule has 182 valence electrons. The number of nitrogens with zero attached hydrogens (tertiary/aromatic N) is 3. The van der Waals surface area contributed by atoms with Crippen LogP contribution in [0.25, 0.3) is 0 Å². The van der Waals surface area contributed by atoms with Gasteiger partial charge in [0.2, 0.25) is 5.91 Å². The zero-order valence-electron chi connectivity index (χ0n) is 20.5. The molecule has 0 aromatic carbocycles. The molecule has 0 bridgehead atoms. The van der Waals surface area contributed by atoms with Crippen LogP contribution in [0, 0.1) is 5.92 Å². The molecule has 1 heterocycles. The minimum atomic E-state index is -0.475. The Morgan fingerprint density at radius 3 is 2.32 bits per heavy atom. The van der Waals surface area contributed by atoms with Gasteiger partial charge in [-0.15, -0.1) is 24.0 Å². The summed E-state index contributed by atoms with van der Waals surface area (Å²) >= 11 is 0. The molecule has 1 unspecified atom stereocenters. The number of amides is 2. The Kier molecular flexibility index (Phi) is 14.1. The summed E-state index contributed by atoms with van der Waals surface area (Å²) in [5.41, 5.74) is -0.475. The van der Waals surface area contributed by atoms with Gasteiger partial charge in [-0.1, -0.05) is 6.92 Å². The molecule has 0 aliphatic carbocycles. The third-order valence-electron chi connectivity index (χ3n) is 5.29. The van der Waals surface area contributed by atoms with Crippen LogP contribution in [-0.4, -0.2) is 79.2 Å². The number of aliphatic imine (C=N–C) groups is 1. The van der Waals surface area contributed by atoms with Gasteiger partial charge in [-0.3, -0.25) is 9.79 Å². The van der Waals surface area contributed by atoms with E-state index in [2.05, 4.69) is 27.4 Å². The predicted molar refractivity (Wildman–Crippen MR) is 137 cm³/mol. The lowest BCUT2D eigenvalue weighted by molar-refractivity contribution is -0.121. The minimum Gasteiger partial charge on any atom is -0.444 e. The molecule has 1 aliphatic heterocycles. The smallest absolute Gasteiger partial charge is 0.410 e. The molecular formula is C22H44IN5O3. The molecule has 0 saturated carbocycles. The second-order valence-corrected chi connectivity index (χ2v) is 9.05. The van der Waals surface area contributed by atoms with Crippen LogP contribution in [0.4, 0.5) is 4.79 Å². The molecule has 1 fully saturated rings. The third-order valence-corrected chi connectivity index (χ3v) is 5.29. The molecule has 8 nitrogen and oxygen atoms in total. The Morgan fingerprint density at radius 2 is 1.84 bits per heavy atom. The summed E-state index contributed by atoms with van der Waals surface area (Å²) in [6.07, 6.45) is 3.11. The van der Waals surface area contributed by atoms with Crippen molar-refractivity contribution in [3.8, 4) is 0 Å². The fraction of sp³-hybridized carbons (Fsp3) is 0.864. The number of halogens is 1. The van der Waals surface area contributed by atoms with Crippen molar-refractivity contribution >= 4 is 41.9 Å². The third kappa shape index (κ3) is 11.8. The Balaban J connectivity index is 0.00000900. The first-order chi connectivity index (χ1) is 14.1. The van der Waals surface area contributed by atoms with Crippen molar-refractivity contribution < 1.29 is 14.3 Å². The molecule has 0 aromatic heterocycles. The summed E-state index contributed by atoms with van der Waals surface area (Å²) in [7, 11) is 1.77. The normalized spacial score (nSPS) is 16.2. The summed E-state index contributed by atoms with van der Waals surface area (Å²) in [5.74, 6) is 1.35. The summed E-state index contributed by atoms with van der Waals surface area (Å²) in [4.78, 5) is 32.7. The van der Waals surface area contributed by atoms with Crippen LogP contribution in [0.1, 0.15) is 67.2 Å². The number of likely N-dealkylation sites (tertiary alicyclic amines) is 1. The molecule has 2 N–H and O–H groups in total. The first kappa shape index (κ1) is 29.7. The number of piperidine rings is 1. The van der Waals surface area contributed by atoms with Gasteiger partial charge < -0.3 is 25.2 Å². The average molecular weight is 554 g/mol. The quantitative estimate of drug-likeness (QED) is 0.273. The van der Waals surface area contributed by atoms with Crippen LogP contribution >= 0.6 is 24.0 Å². The van der Waals surface area contributed by atoms with E-state index in [1.54, 1.807) is 11.9 Å². The molecule has 1 aliphatic rings. The van der Waals surface area contributed by atoms with Crippen molar-refractivity contribution in [3.63, 3.8) is 0 Å². The van der Waals surface area contributed by atoms with E-state index in [0.717, 1.165) is 44.9 Å². The maximum atomic E-state index is 12.4. The van der Waals surface area contributed by atoms with Crippen molar-refractivity contribution in [1.29, 1.82) is 0 Å². The highest BCUT2D eigenvalue weighted by atomic mass is 127. The van der Waals surface area contributed by atoms with E-state index in [4.69, 9.17) is 4.74 Å². The predicted octanol–water partition coefficient (Wildman–Crippen LogP) is 3.45. The van der Waals surface area contributed by atoms with Gasteiger partial charge in [-0.25, -0.2) is 4.79 Å². The standard InChI is InChI=1S/C22H43N5O3.HI/c1-8-17(3)25-19(28)10-13-24-20(23-7)27-14-11-18(12-15-27)16-26(9-2)21(29)30-22(4,5)6;/h17-18H,8-16H2,1-7H3,(H,23,24)(H,25,28);1H. The van der Waals surface area contributed by atoms with Crippen LogP contribution in [0.2, 0.25) is 0 Å². The number of carbonyl (C=O) groups excluding carboxylic acids is 2. The van der Waals surface area contributed by atoms with Gasteiger partial charge in [0.1, 0.15) is 5.60 Å². The van der Waals surface area contributed by atoms with E-state index in [9.17, 15) is 9.59 Å². The van der Waals surface area contributed by atoms with Crippen LogP contribution < -0.4 is 10.6 Å². The average Bonchev–Trinajstić information content (AvgIpc) is 2.68. The van der Waals surface area contributed by atoms with E-state index in [1.165, 1.54) is 0 Å². The summed E-state index contributed by atoms with van der Waals surface area (Å²) in [6.45, 7) is 15.4. The zero-order valence-corrected chi connectivity index (χ0v) is 22.8. The van der Waals surface area contributed by atoms with Crippen LogP contribution in [0.15, 0.2) is 4.99 Å². The van der Waals surface area contributed by atoms with Gasteiger partial charge in [0.25, 0.3) is 0 Å². The second kappa shape index (κ2) is 14.7. The highest BCUT2D eigenvalue weighted by Gasteiger charge is 2.27. The topological polar surface area (TPSA) is 86.3 Å². The van der Waals surface area contributed by atoms with Crippen molar-refractivity contribution in [1.82, 2.24) is 20.4 Å². The zero-order chi connectivity index (χ0) is 22.7. The SMILES string of the molecule is CCC(C)NC(=O)CCNC(=NC)N1CCC(CN(CC)C(=O)OC(C)(C)C)CC1.I. The fourth-order valence-electron chi connectivity index (χ4n) is 3.37. The van der Waals surface area contributed by atoms with Gasteiger partial charge in [0.05, 0.1) is 0 Å². The molecule has 1 atom stereocenters. The van der Waals surface area contributed by atoms with E-state index >= 15 is 0 Å². The highest BCUT2D eigenvalue weighted by Crippen LogP contribution is 2.20. The minimum absolute atomic E-state index is 0. The Hall–Kier alpha value is -1.26. The molecule has 1 rings (SSSR count). The molecule has 9 heteroatoms. The first-order valence-corrected chi connectivity index (χ1v) is 11.3. The number of carbonyl (C=O) groups is 2. The maximum absolute atomic E-state index is 12.4. The van der Waals surface area contributed by atoms with Gasteiger partial charge in [0, 0.05) is 52.2 Å². The van der Waals surface area contributed by atoms with Crippen LogP contribution in [-0.2, 0) is 9.53 Å². The molecule has 0 radical (unpaired) electrons. The van der Waals surface area contributed by atoms with E-state index < -0.39 is 5.60 Å². The fourth-order valence-corrected chi connectivity index (χ4v) is 3.37. The van der Waals surface area contributed by atoms with E-state index in [0.29, 0.717) is 25.4 Å².